The summed E-state index contributed by atoms with van der Waals surface area (Å²) in [4.78, 5) is 11.8. The fourth-order valence-corrected chi connectivity index (χ4v) is 4.43. The van der Waals surface area contributed by atoms with Crippen LogP contribution in [0.25, 0.3) is 0 Å². The number of rotatable bonds is 5. The third-order valence-electron chi connectivity index (χ3n) is 3.73. The van der Waals surface area contributed by atoms with E-state index in [0.717, 1.165) is 11.3 Å². The van der Waals surface area contributed by atoms with E-state index in [0.29, 0.717) is 18.1 Å². The van der Waals surface area contributed by atoms with E-state index in [1.807, 2.05) is 24.3 Å². The summed E-state index contributed by atoms with van der Waals surface area (Å²) in [6.45, 7) is 0.507. The van der Waals surface area contributed by atoms with Gasteiger partial charge in [-0.2, -0.15) is 0 Å². The number of methoxy groups -OCH3 is 1. The van der Waals surface area contributed by atoms with Crippen molar-refractivity contribution in [1.82, 2.24) is 16.2 Å². The van der Waals surface area contributed by atoms with Crippen LogP contribution in [0.4, 0.5) is 0 Å². The molecule has 9 heteroatoms. The summed E-state index contributed by atoms with van der Waals surface area (Å²) in [7, 11) is -1.36. The van der Waals surface area contributed by atoms with Crippen molar-refractivity contribution >= 4 is 33.1 Å². The zero-order valence-electron chi connectivity index (χ0n) is 13.4. The summed E-state index contributed by atoms with van der Waals surface area (Å²) in [5.74, 6) is 0.643. The van der Waals surface area contributed by atoms with E-state index < -0.39 is 9.84 Å². The molecular weight excluding hydrogens is 350 g/mol. The number of nitrogens with one attached hydrogen (secondary N) is 3. The minimum Gasteiger partial charge on any atom is -0.497 e. The highest BCUT2D eigenvalue weighted by molar-refractivity contribution is 7.91. The smallest absolute Gasteiger partial charge is 0.238 e. The number of carbonyl (C=O) groups is 1. The first kappa shape index (κ1) is 18.5. The third-order valence-corrected chi connectivity index (χ3v) is 5.81. The van der Waals surface area contributed by atoms with Gasteiger partial charge in [0.05, 0.1) is 18.6 Å². The Bertz CT molecular complexity index is 689. The Balaban J connectivity index is 1.66. The average molecular weight is 371 g/mol. The van der Waals surface area contributed by atoms with Crippen molar-refractivity contribution in [3.05, 3.63) is 29.8 Å². The molecule has 2 rings (SSSR count). The first-order valence-electron chi connectivity index (χ1n) is 7.54. The van der Waals surface area contributed by atoms with Crippen molar-refractivity contribution < 1.29 is 17.9 Å². The minimum atomic E-state index is -2.96. The van der Waals surface area contributed by atoms with Crippen LogP contribution in [-0.4, -0.2) is 38.1 Å². The molecule has 1 fully saturated rings. The lowest BCUT2D eigenvalue weighted by Gasteiger charge is -2.13. The van der Waals surface area contributed by atoms with Crippen LogP contribution in [0.15, 0.2) is 24.3 Å². The Morgan fingerprint density at radius 3 is 2.58 bits per heavy atom. The number of amides is 1. The molecule has 132 valence electrons. The molecule has 7 nitrogen and oxygen atoms in total. The van der Waals surface area contributed by atoms with Gasteiger partial charge in [-0.1, -0.05) is 12.1 Å². The van der Waals surface area contributed by atoms with E-state index in [1.54, 1.807) is 7.11 Å². The van der Waals surface area contributed by atoms with E-state index in [2.05, 4.69) is 16.2 Å². The van der Waals surface area contributed by atoms with E-state index in [9.17, 15) is 13.2 Å². The Kier molecular flexibility index (Phi) is 6.38. The number of sulfone groups is 1. The Morgan fingerprint density at radius 2 is 2.00 bits per heavy atom. The molecule has 24 heavy (non-hydrogen) atoms. The first-order valence-corrected chi connectivity index (χ1v) is 9.77. The van der Waals surface area contributed by atoms with Crippen molar-refractivity contribution in [2.24, 2.45) is 5.92 Å². The van der Waals surface area contributed by atoms with Crippen LogP contribution in [0.1, 0.15) is 18.4 Å². The molecule has 1 aromatic rings. The first-order chi connectivity index (χ1) is 11.4. The summed E-state index contributed by atoms with van der Waals surface area (Å²) in [5.41, 5.74) is 6.12. The molecule has 1 aliphatic heterocycles. The van der Waals surface area contributed by atoms with Gasteiger partial charge in [0.15, 0.2) is 14.9 Å². The molecule has 0 saturated carbocycles. The van der Waals surface area contributed by atoms with Gasteiger partial charge in [-0.3, -0.25) is 15.6 Å². The van der Waals surface area contributed by atoms with Gasteiger partial charge in [0.1, 0.15) is 5.75 Å². The summed E-state index contributed by atoms with van der Waals surface area (Å²) in [5, 5.41) is 3.26. The Morgan fingerprint density at radius 1 is 1.29 bits per heavy atom. The Labute approximate surface area is 147 Å². The third kappa shape index (κ3) is 5.97. The van der Waals surface area contributed by atoms with Gasteiger partial charge in [0, 0.05) is 13.0 Å². The van der Waals surface area contributed by atoms with Crippen LogP contribution in [0.2, 0.25) is 0 Å². The number of ether oxygens (including phenoxy) is 1. The van der Waals surface area contributed by atoms with E-state index in [1.165, 1.54) is 0 Å². The van der Waals surface area contributed by atoms with Crippen molar-refractivity contribution in [1.29, 1.82) is 0 Å². The summed E-state index contributed by atoms with van der Waals surface area (Å²) >= 11 is 5.08. The van der Waals surface area contributed by atoms with Gasteiger partial charge in [-0.15, -0.1) is 0 Å². The molecule has 0 unspecified atom stereocenters. The molecule has 0 aliphatic carbocycles. The second-order valence-electron chi connectivity index (χ2n) is 5.68. The number of hydrogen-bond donors (Lipinski definition) is 3. The van der Waals surface area contributed by atoms with Crippen LogP contribution in [-0.2, 0) is 21.2 Å². The molecule has 0 spiro atoms. The van der Waals surface area contributed by atoms with Gasteiger partial charge in [-0.25, -0.2) is 8.42 Å². The molecule has 0 radical (unpaired) electrons. The number of benzene rings is 1. The van der Waals surface area contributed by atoms with Crippen molar-refractivity contribution in [2.45, 2.75) is 19.4 Å². The molecule has 0 bridgehead atoms. The SMILES string of the molecule is COc1ccc(CNC(=S)NNC(=O)C[C@H]2CCS(=O)(=O)C2)cc1. The van der Waals surface area contributed by atoms with E-state index in [-0.39, 0.29) is 29.8 Å². The standard InChI is InChI=1S/C15H21N3O4S2/c1-22-13-4-2-11(3-5-13)9-16-15(23)18-17-14(19)8-12-6-7-24(20,21)10-12/h2-5,12H,6-10H2,1H3,(H,17,19)(H2,16,18,23)/t12-/m1/s1. The molecular formula is C15H21N3O4S2. The Hall–Kier alpha value is -1.87. The second kappa shape index (κ2) is 8.29. The van der Waals surface area contributed by atoms with Crippen molar-refractivity contribution in [3.8, 4) is 5.75 Å². The topological polar surface area (TPSA) is 96.5 Å². The number of thiocarbonyl (C=S) groups is 1. The minimum absolute atomic E-state index is 0.0839. The van der Waals surface area contributed by atoms with Gasteiger partial charge in [-0.05, 0) is 42.3 Å². The zero-order valence-corrected chi connectivity index (χ0v) is 15.0. The lowest BCUT2D eigenvalue weighted by molar-refractivity contribution is -0.122. The highest BCUT2D eigenvalue weighted by Gasteiger charge is 2.29. The van der Waals surface area contributed by atoms with Gasteiger partial charge < -0.3 is 10.1 Å². The fraction of sp³-hybridized carbons (Fsp3) is 0.467. The van der Waals surface area contributed by atoms with Crippen LogP contribution in [0.3, 0.4) is 0 Å². The molecule has 1 saturated heterocycles. The maximum absolute atomic E-state index is 11.8. The number of hydrazine groups is 1. The maximum Gasteiger partial charge on any atom is 0.238 e. The van der Waals surface area contributed by atoms with Crippen LogP contribution in [0, 0.1) is 5.92 Å². The molecule has 1 aliphatic rings. The predicted molar refractivity (Wildman–Crippen MR) is 95.1 cm³/mol. The van der Waals surface area contributed by atoms with E-state index in [4.69, 9.17) is 17.0 Å². The van der Waals surface area contributed by atoms with Crippen LogP contribution < -0.4 is 20.9 Å². The second-order valence-corrected chi connectivity index (χ2v) is 8.31. The predicted octanol–water partition coefficient (Wildman–Crippen LogP) is 0.515. The highest BCUT2D eigenvalue weighted by Crippen LogP contribution is 2.21. The summed E-state index contributed by atoms with van der Waals surface area (Å²) in [6.07, 6.45) is 0.712. The van der Waals surface area contributed by atoms with Gasteiger partial charge in [0.2, 0.25) is 5.91 Å². The normalized spacial score (nSPS) is 18.6. The zero-order chi connectivity index (χ0) is 17.6. The van der Waals surface area contributed by atoms with Gasteiger partial charge in [0.25, 0.3) is 0 Å². The summed E-state index contributed by atoms with van der Waals surface area (Å²) < 4.78 is 27.8. The van der Waals surface area contributed by atoms with Gasteiger partial charge >= 0.3 is 0 Å². The van der Waals surface area contributed by atoms with E-state index >= 15 is 0 Å². The average Bonchev–Trinajstić information content (AvgIpc) is 2.90. The lowest BCUT2D eigenvalue weighted by Crippen LogP contribution is -2.46. The lowest BCUT2D eigenvalue weighted by atomic mass is 10.1. The fourth-order valence-electron chi connectivity index (χ4n) is 2.44. The van der Waals surface area contributed by atoms with Crippen molar-refractivity contribution in [2.75, 3.05) is 18.6 Å². The molecule has 1 heterocycles. The molecule has 0 aromatic heterocycles. The summed E-state index contributed by atoms with van der Waals surface area (Å²) in [6, 6.07) is 7.52. The highest BCUT2D eigenvalue weighted by atomic mass is 32.2. The largest absolute Gasteiger partial charge is 0.497 e. The quantitative estimate of drug-likeness (QED) is 0.513. The van der Waals surface area contributed by atoms with Crippen LogP contribution >= 0.6 is 12.2 Å². The number of hydrogen-bond acceptors (Lipinski definition) is 5. The molecule has 1 amide bonds. The molecule has 1 atom stereocenters. The molecule has 1 aromatic carbocycles. The number of carbonyl (C=O) groups excluding carboxylic acids is 1. The molecule has 3 N–H and O–H groups in total. The monoisotopic (exact) mass is 371 g/mol. The van der Waals surface area contributed by atoms with Crippen LogP contribution in [0.5, 0.6) is 5.75 Å². The maximum atomic E-state index is 11.8. The van der Waals surface area contributed by atoms with Crippen molar-refractivity contribution in [3.63, 3.8) is 0 Å².